The average Bonchev–Trinajstić information content (AvgIpc) is 3.34. The smallest absolute Gasteiger partial charge is 0.414 e. The Bertz CT molecular complexity index is 2370. The summed E-state index contributed by atoms with van der Waals surface area (Å²) in [6, 6.07) is 38.0. The molecule has 0 radical (unpaired) electrons. The van der Waals surface area contributed by atoms with Gasteiger partial charge >= 0.3 is 6.09 Å². The SMILES string of the molecule is CNc1ccc(/C=C/c2ccc(OCCOCCOCC[18F])cc2)cc1.Cc1ccc(S(=O)(=O)OCCOCCOCCOc2ccc(/C=C/c3ccc(N(C)C(=O)OC(C)(C)C)cc3)cc2)cc1. The van der Waals surface area contributed by atoms with Crippen LogP contribution in [0.1, 0.15) is 48.6 Å². The summed E-state index contributed by atoms with van der Waals surface area (Å²) in [6.45, 7) is 10.4. The second-order valence-electron chi connectivity index (χ2n) is 16.2. The van der Waals surface area contributed by atoms with Gasteiger partial charge in [0.1, 0.15) is 37.0 Å². The van der Waals surface area contributed by atoms with Crippen molar-refractivity contribution in [2.45, 2.75) is 38.2 Å². The molecule has 15 heteroatoms. The number of ether oxygens (including phenoxy) is 7. The molecule has 0 saturated heterocycles. The Morgan fingerprint density at radius 2 is 0.957 bits per heavy atom. The minimum absolute atomic E-state index is 0.0652. The number of anilines is 2. The van der Waals surface area contributed by atoms with Crippen LogP contribution < -0.4 is 19.7 Å². The second kappa shape index (κ2) is 30.4. The van der Waals surface area contributed by atoms with Crippen molar-refractivity contribution >= 4 is 51.9 Å². The molecule has 0 fully saturated rings. The van der Waals surface area contributed by atoms with Gasteiger partial charge in [-0.15, -0.1) is 0 Å². The molecule has 1 N–H and O–H groups in total. The molecule has 0 bridgehead atoms. The maximum absolute atomic E-state index is 12.3. The van der Waals surface area contributed by atoms with Gasteiger partial charge in [-0.2, -0.15) is 8.42 Å². The summed E-state index contributed by atoms with van der Waals surface area (Å²) in [5.74, 6) is 1.54. The zero-order chi connectivity index (χ0) is 49.7. The van der Waals surface area contributed by atoms with Gasteiger partial charge in [-0.3, -0.25) is 9.08 Å². The van der Waals surface area contributed by atoms with E-state index in [1.54, 1.807) is 19.2 Å². The highest BCUT2D eigenvalue weighted by atomic mass is 32.2. The van der Waals surface area contributed by atoms with E-state index in [1.165, 1.54) is 17.0 Å². The summed E-state index contributed by atoms with van der Waals surface area (Å²) in [7, 11) is -0.189. The highest BCUT2D eigenvalue weighted by Gasteiger charge is 2.20. The zero-order valence-corrected chi connectivity index (χ0v) is 41.4. The lowest BCUT2D eigenvalue weighted by Gasteiger charge is -2.24. The van der Waals surface area contributed by atoms with E-state index in [-0.39, 0.29) is 24.7 Å². The quantitative estimate of drug-likeness (QED) is 0.0304. The highest BCUT2D eigenvalue weighted by Crippen LogP contribution is 2.21. The first-order valence-corrected chi connectivity index (χ1v) is 24.1. The number of amides is 1. The number of halogens is 1. The Balaban J connectivity index is 0.000000340. The Morgan fingerprint density at radius 3 is 1.38 bits per heavy atom. The normalized spacial score (nSPS) is 11.6. The van der Waals surface area contributed by atoms with Crippen molar-refractivity contribution in [2.75, 3.05) is 104 Å². The van der Waals surface area contributed by atoms with Crippen LogP contribution in [-0.4, -0.2) is 114 Å². The number of alkyl halides is 1. The third-order valence-corrected chi connectivity index (χ3v) is 10.9. The summed E-state index contributed by atoms with van der Waals surface area (Å²) in [5.41, 5.74) is 6.55. The van der Waals surface area contributed by atoms with Gasteiger partial charge in [-0.1, -0.05) is 90.5 Å². The fourth-order valence-corrected chi connectivity index (χ4v) is 6.74. The molecule has 0 saturated carbocycles. The van der Waals surface area contributed by atoms with Gasteiger partial charge in [-0.05, 0) is 111 Å². The number of nitrogens with zero attached hydrogens (tertiary/aromatic N) is 1. The van der Waals surface area contributed by atoms with E-state index in [0.29, 0.717) is 52.9 Å². The summed E-state index contributed by atoms with van der Waals surface area (Å²) in [5, 5.41) is 3.10. The van der Waals surface area contributed by atoms with Crippen molar-refractivity contribution in [1.82, 2.24) is 0 Å². The molecule has 0 aliphatic carbocycles. The van der Waals surface area contributed by atoms with Gasteiger partial charge in [0.25, 0.3) is 10.1 Å². The lowest BCUT2D eigenvalue weighted by molar-refractivity contribution is 0.0279. The predicted octanol–water partition coefficient (Wildman–Crippen LogP) is 10.6. The number of rotatable bonds is 27. The molecule has 1 amide bonds. The van der Waals surface area contributed by atoms with Gasteiger partial charge in [0.15, 0.2) is 0 Å². The molecular formula is C54H67FN2O11S. The third kappa shape index (κ3) is 22.7. The molecule has 69 heavy (non-hydrogen) atoms. The monoisotopic (exact) mass is 969 g/mol. The molecule has 5 rings (SSSR count). The van der Waals surface area contributed by atoms with Gasteiger partial charge in [0, 0.05) is 25.5 Å². The first kappa shape index (κ1) is 55.5. The molecule has 0 atom stereocenters. The largest absolute Gasteiger partial charge is 0.491 e. The first-order chi connectivity index (χ1) is 33.2. The Hall–Kier alpha value is -6.07. The lowest BCUT2D eigenvalue weighted by atomic mass is 10.1. The predicted molar refractivity (Wildman–Crippen MR) is 272 cm³/mol. The molecule has 0 aromatic heterocycles. The van der Waals surface area contributed by atoms with Crippen LogP contribution in [0.5, 0.6) is 11.5 Å². The Kier molecular flexibility index (Phi) is 24.5. The van der Waals surface area contributed by atoms with Crippen LogP contribution in [0.2, 0.25) is 0 Å². The van der Waals surface area contributed by atoms with E-state index in [4.69, 9.17) is 37.3 Å². The Labute approximate surface area is 407 Å². The zero-order valence-electron chi connectivity index (χ0n) is 40.6. The third-order valence-electron chi connectivity index (χ3n) is 9.58. The lowest BCUT2D eigenvalue weighted by Crippen LogP contribution is -2.34. The maximum atomic E-state index is 12.3. The highest BCUT2D eigenvalue weighted by molar-refractivity contribution is 7.86. The summed E-state index contributed by atoms with van der Waals surface area (Å²) in [6.07, 6.45) is 7.75. The number of carbonyl (C=O) groups excluding carboxylic acids is 1. The molecule has 0 aliphatic heterocycles. The van der Waals surface area contributed by atoms with E-state index in [9.17, 15) is 17.6 Å². The van der Waals surface area contributed by atoms with E-state index in [0.717, 1.165) is 50.7 Å². The van der Waals surface area contributed by atoms with Gasteiger partial charge in [0.2, 0.25) is 0 Å². The van der Waals surface area contributed by atoms with Crippen molar-refractivity contribution in [2.24, 2.45) is 0 Å². The van der Waals surface area contributed by atoms with Crippen LogP contribution in [0.15, 0.2) is 126 Å². The number of benzene rings is 5. The van der Waals surface area contributed by atoms with Crippen LogP contribution in [-0.2, 0) is 38.0 Å². The standard InChI is InChI=1S/C33H41NO8S.C21H26FNO3/c1-26-6-18-31(19-7-26)43(36,37)41-25-23-39-21-20-38-22-24-40-30-16-12-28(13-17-30)9-8-27-10-14-29(15-11-27)34(5)32(35)42-33(2,3)4;1-23-20-8-4-18(5-9-20)2-3-19-6-10-21(11-7-19)26-17-16-25-15-14-24-13-12-22/h6-19H,20-25H2,1-5H3;2-11,23H,12-17H2,1H3/b9-8+;3-2+/i;22-1. The van der Waals surface area contributed by atoms with Crippen molar-refractivity contribution < 1.29 is 54.9 Å². The molecule has 0 aliphatic rings. The van der Waals surface area contributed by atoms with Crippen LogP contribution in [0, 0.1) is 6.92 Å². The fraction of sp³-hybridized carbons (Fsp3) is 0.352. The first-order valence-electron chi connectivity index (χ1n) is 22.7. The number of nitrogens with one attached hydrogen (secondary N) is 1. The minimum atomic E-state index is -3.78. The van der Waals surface area contributed by atoms with Gasteiger partial charge < -0.3 is 38.5 Å². The van der Waals surface area contributed by atoms with Gasteiger partial charge in [0.05, 0.1) is 64.4 Å². The Morgan fingerprint density at radius 1 is 0.565 bits per heavy atom. The molecule has 372 valence electrons. The topological polar surface area (TPSA) is 140 Å². The minimum Gasteiger partial charge on any atom is -0.491 e. The summed E-state index contributed by atoms with van der Waals surface area (Å²) in [4.78, 5) is 13.9. The van der Waals surface area contributed by atoms with Crippen LogP contribution in [0.25, 0.3) is 24.3 Å². The molecule has 5 aromatic rings. The van der Waals surface area contributed by atoms with E-state index >= 15 is 0 Å². The van der Waals surface area contributed by atoms with E-state index < -0.39 is 28.5 Å². The number of hydrogen-bond acceptors (Lipinski definition) is 12. The van der Waals surface area contributed by atoms with Crippen LogP contribution in [0.3, 0.4) is 0 Å². The van der Waals surface area contributed by atoms with Crippen LogP contribution >= 0.6 is 0 Å². The van der Waals surface area contributed by atoms with Crippen molar-refractivity contribution in [1.29, 1.82) is 0 Å². The number of hydrogen-bond donors (Lipinski definition) is 1. The van der Waals surface area contributed by atoms with Crippen molar-refractivity contribution in [3.05, 3.63) is 149 Å². The van der Waals surface area contributed by atoms with Gasteiger partial charge in [-0.25, -0.2) is 9.18 Å². The molecule has 0 spiro atoms. The van der Waals surface area contributed by atoms with E-state index in [2.05, 4.69) is 29.6 Å². The molecule has 0 heterocycles. The number of aryl methyl sites for hydroxylation is 1. The molecule has 13 nitrogen and oxygen atoms in total. The van der Waals surface area contributed by atoms with E-state index in [1.807, 2.05) is 132 Å². The molecule has 5 aromatic carbocycles. The summed E-state index contributed by atoms with van der Waals surface area (Å²) < 4.78 is 79.0. The molecule has 0 unspecified atom stereocenters. The van der Waals surface area contributed by atoms with Crippen molar-refractivity contribution in [3.63, 3.8) is 0 Å². The van der Waals surface area contributed by atoms with Crippen LogP contribution in [0.4, 0.5) is 20.6 Å². The number of carbonyl (C=O) groups is 1. The fourth-order valence-electron chi connectivity index (χ4n) is 5.85. The summed E-state index contributed by atoms with van der Waals surface area (Å²) >= 11 is 0. The average molecular weight is 970 g/mol. The maximum Gasteiger partial charge on any atom is 0.414 e. The second-order valence-corrected chi connectivity index (χ2v) is 17.8. The van der Waals surface area contributed by atoms with Crippen molar-refractivity contribution in [3.8, 4) is 11.5 Å². The molecular weight excluding hydrogens is 903 g/mol.